The van der Waals surface area contributed by atoms with Crippen molar-refractivity contribution in [3.8, 4) is 0 Å². The zero-order valence-electron chi connectivity index (χ0n) is 19.7. The fourth-order valence-electron chi connectivity index (χ4n) is 4.59. The Morgan fingerprint density at radius 3 is 2.71 bits per heavy atom. The zero-order chi connectivity index (χ0) is 24.7. The number of aliphatic hydroxyl groups excluding tert-OH is 1. The van der Waals surface area contributed by atoms with Gasteiger partial charge in [0.05, 0.1) is 42.6 Å². The maximum absolute atomic E-state index is 13.0. The molecule has 34 heavy (non-hydrogen) atoms. The number of nitrogens with zero attached hydrogens (tertiary/aromatic N) is 1. The summed E-state index contributed by atoms with van der Waals surface area (Å²) >= 11 is 13.1. The number of methoxy groups -OCH3 is 1. The summed E-state index contributed by atoms with van der Waals surface area (Å²) in [5.41, 5.74) is 0.875. The van der Waals surface area contributed by atoms with Gasteiger partial charge in [0.1, 0.15) is 6.04 Å². The van der Waals surface area contributed by atoms with E-state index in [4.69, 9.17) is 32.7 Å². The van der Waals surface area contributed by atoms with Gasteiger partial charge in [-0.15, -0.1) is 23.2 Å². The van der Waals surface area contributed by atoms with Crippen molar-refractivity contribution in [1.29, 1.82) is 0 Å². The molecule has 8 nitrogen and oxygen atoms in total. The van der Waals surface area contributed by atoms with E-state index in [1.807, 2.05) is 30.3 Å². The monoisotopic (exact) mass is 515 g/mol. The molecule has 3 N–H and O–H groups in total. The van der Waals surface area contributed by atoms with E-state index >= 15 is 0 Å². The van der Waals surface area contributed by atoms with Crippen LogP contribution in [-0.4, -0.2) is 96.8 Å². The van der Waals surface area contributed by atoms with Crippen LogP contribution in [0.3, 0.4) is 0 Å². The predicted molar refractivity (Wildman–Crippen MR) is 131 cm³/mol. The number of nitrogens with one attached hydrogen (secondary N) is 2. The topological polar surface area (TPSA) is 100 Å². The number of aliphatic hydroxyl groups is 1. The number of halogens is 2. The average Bonchev–Trinajstić information content (AvgIpc) is 2.83. The summed E-state index contributed by atoms with van der Waals surface area (Å²) in [5, 5.41) is 15.5. The number of rotatable bonds is 9. The minimum Gasteiger partial charge on any atom is -0.467 e. The first-order chi connectivity index (χ1) is 16.3. The second-order valence-corrected chi connectivity index (χ2v) is 10.1. The van der Waals surface area contributed by atoms with Crippen molar-refractivity contribution in [2.24, 2.45) is 5.92 Å². The standard InChI is InChI=1S/C24H35Cl2N3O5/c1-15-14-29(9-8-27-15)10-11-34-22-18(25)13-17(21(30)20(22)26)23(31)28-19(24(32)33-2)12-16-6-4-3-5-7-16/h3-7,15,17-22,27,30H,8-14H2,1-2H3,(H,28,31)/t15?,17?,18?,19-,20?,21?,22?/m0/s1. The number of carbonyl (C=O) groups is 2. The summed E-state index contributed by atoms with van der Waals surface area (Å²) in [6.07, 6.45) is -1.28. The molecule has 1 aromatic rings. The molecule has 2 fully saturated rings. The van der Waals surface area contributed by atoms with Gasteiger partial charge in [-0.1, -0.05) is 30.3 Å². The number of hydrogen-bond donors (Lipinski definition) is 3. The lowest BCUT2D eigenvalue weighted by Gasteiger charge is -2.40. The van der Waals surface area contributed by atoms with E-state index in [0.717, 1.165) is 31.7 Å². The van der Waals surface area contributed by atoms with Gasteiger partial charge in [0.2, 0.25) is 5.91 Å². The molecular weight excluding hydrogens is 481 g/mol. The largest absolute Gasteiger partial charge is 0.467 e. The SMILES string of the molecule is COC(=O)[C@H](Cc1ccccc1)NC(=O)C1CC(Cl)C(OCCN2CCNC(C)C2)C(Cl)C1O. The third kappa shape index (κ3) is 7.29. The van der Waals surface area contributed by atoms with E-state index in [2.05, 4.69) is 22.5 Å². The Morgan fingerprint density at radius 1 is 1.29 bits per heavy atom. The molecule has 0 radical (unpaired) electrons. The van der Waals surface area contributed by atoms with Crippen LogP contribution >= 0.6 is 23.2 Å². The van der Waals surface area contributed by atoms with Crippen molar-refractivity contribution < 1.29 is 24.2 Å². The molecule has 1 saturated carbocycles. The van der Waals surface area contributed by atoms with Crippen molar-refractivity contribution >= 4 is 35.1 Å². The van der Waals surface area contributed by atoms with E-state index in [9.17, 15) is 14.7 Å². The van der Waals surface area contributed by atoms with Crippen LogP contribution in [-0.2, 0) is 25.5 Å². The van der Waals surface area contributed by atoms with Gasteiger partial charge < -0.3 is 25.2 Å². The molecule has 1 aromatic carbocycles. The summed E-state index contributed by atoms with van der Waals surface area (Å²) < 4.78 is 10.8. The van der Waals surface area contributed by atoms with E-state index in [0.29, 0.717) is 12.6 Å². The summed E-state index contributed by atoms with van der Waals surface area (Å²) in [5.74, 6) is -1.90. The van der Waals surface area contributed by atoms with Gasteiger partial charge in [-0.2, -0.15) is 0 Å². The first-order valence-corrected chi connectivity index (χ1v) is 12.6. The highest BCUT2D eigenvalue weighted by molar-refractivity contribution is 6.25. The van der Waals surface area contributed by atoms with Crippen LogP contribution in [0.2, 0.25) is 0 Å². The molecule has 3 rings (SSSR count). The minimum absolute atomic E-state index is 0.187. The molecule has 1 heterocycles. The molecule has 1 aliphatic carbocycles. The number of alkyl halides is 2. The number of esters is 1. The maximum atomic E-state index is 13.0. The molecule has 0 spiro atoms. The van der Waals surface area contributed by atoms with Crippen LogP contribution in [0.25, 0.3) is 0 Å². The van der Waals surface area contributed by atoms with Crippen molar-refractivity contribution in [3.63, 3.8) is 0 Å². The van der Waals surface area contributed by atoms with E-state index in [-0.39, 0.29) is 12.8 Å². The first-order valence-electron chi connectivity index (χ1n) is 11.8. The second-order valence-electron chi connectivity index (χ2n) is 9.06. The molecule has 1 aliphatic heterocycles. The van der Waals surface area contributed by atoms with Gasteiger partial charge in [-0.05, 0) is 18.9 Å². The molecular formula is C24H35Cl2N3O5. The van der Waals surface area contributed by atoms with Crippen LogP contribution in [0.1, 0.15) is 18.9 Å². The van der Waals surface area contributed by atoms with Crippen molar-refractivity contribution in [2.45, 2.75) is 54.8 Å². The number of ether oxygens (including phenoxy) is 2. The Hall–Kier alpha value is -1.42. The van der Waals surface area contributed by atoms with Crippen LogP contribution in [0.4, 0.5) is 0 Å². The minimum atomic E-state index is -1.16. The molecule has 10 heteroatoms. The Labute approximate surface area is 211 Å². The van der Waals surface area contributed by atoms with Gasteiger partial charge in [0, 0.05) is 38.6 Å². The highest BCUT2D eigenvalue weighted by Crippen LogP contribution is 2.34. The third-order valence-electron chi connectivity index (χ3n) is 6.48. The van der Waals surface area contributed by atoms with Gasteiger partial charge in [-0.25, -0.2) is 4.79 Å². The average molecular weight is 516 g/mol. The molecule has 7 atom stereocenters. The molecule has 0 aromatic heterocycles. The summed E-state index contributed by atoms with van der Waals surface area (Å²) in [7, 11) is 1.27. The Bertz CT molecular complexity index is 802. The normalized spacial score (nSPS) is 31.0. The maximum Gasteiger partial charge on any atom is 0.328 e. The number of hydrogen-bond acceptors (Lipinski definition) is 7. The summed E-state index contributed by atoms with van der Waals surface area (Å²) in [6, 6.07) is 8.86. The fourth-order valence-corrected chi connectivity index (χ4v) is 5.51. The number of carbonyl (C=O) groups excluding carboxylic acids is 2. The Morgan fingerprint density at radius 2 is 2.03 bits per heavy atom. The van der Waals surface area contributed by atoms with E-state index in [1.165, 1.54) is 7.11 Å². The lowest BCUT2D eigenvalue weighted by atomic mass is 9.83. The lowest BCUT2D eigenvalue weighted by molar-refractivity contribution is -0.147. The third-order valence-corrected chi connectivity index (χ3v) is 7.41. The van der Waals surface area contributed by atoms with Gasteiger partial charge >= 0.3 is 5.97 Å². The molecule has 1 amide bonds. The molecule has 2 aliphatic rings. The number of piperazine rings is 1. The Kier molecular flexibility index (Phi) is 10.4. The van der Waals surface area contributed by atoms with Crippen molar-refractivity contribution in [3.05, 3.63) is 35.9 Å². The van der Waals surface area contributed by atoms with Gasteiger partial charge in [-0.3, -0.25) is 9.69 Å². The van der Waals surface area contributed by atoms with Gasteiger partial charge in [0.15, 0.2) is 0 Å². The lowest BCUT2D eigenvalue weighted by Crippen LogP contribution is -2.57. The smallest absolute Gasteiger partial charge is 0.328 e. The summed E-state index contributed by atoms with van der Waals surface area (Å²) in [6.45, 7) is 6.15. The van der Waals surface area contributed by atoms with Crippen LogP contribution in [0.5, 0.6) is 0 Å². The second kappa shape index (κ2) is 13.0. The molecule has 190 valence electrons. The molecule has 6 unspecified atom stereocenters. The van der Waals surface area contributed by atoms with Crippen LogP contribution in [0.15, 0.2) is 30.3 Å². The molecule has 1 saturated heterocycles. The van der Waals surface area contributed by atoms with Crippen molar-refractivity contribution in [1.82, 2.24) is 15.5 Å². The highest BCUT2D eigenvalue weighted by Gasteiger charge is 2.46. The highest BCUT2D eigenvalue weighted by atomic mass is 35.5. The number of benzene rings is 1. The number of amides is 1. The van der Waals surface area contributed by atoms with E-state index < -0.39 is 46.8 Å². The predicted octanol–water partition coefficient (Wildman–Crippen LogP) is 1.16. The fraction of sp³-hybridized carbons (Fsp3) is 0.667. The quantitative estimate of drug-likeness (QED) is 0.335. The van der Waals surface area contributed by atoms with Gasteiger partial charge in [0.25, 0.3) is 0 Å². The van der Waals surface area contributed by atoms with E-state index in [1.54, 1.807) is 0 Å². The summed E-state index contributed by atoms with van der Waals surface area (Å²) in [4.78, 5) is 27.6. The zero-order valence-corrected chi connectivity index (χ0v) is 21.2. The first kappa shape index (κ1) is 27.2. The van der Waals surface area contributed by atoms with Crippen LogP contribution in [0, 0.1) is 5.92 Å². The molecule has 0 bridgehead atoms. The van der Waals surface area contributed by atoms with Crippen molar-refractivity contribution in [2.75, 3.05) is 39.9 Å². The van der Waals surface area contributed by atoms with Crippen LogP contribution < -0.4 is 10.6 Å². The Balaban J connectivity index is 1.55.